The number of furan rings is 1. The zero-order chi connectivity index (χ0) is 22.8. The minimum atomic E-state index is -0.0822. The lowest BCUT2D eigenvalue weighted by Gasteiger charge is -2.33. The molecule has 3 heterocycles. The van der Waals surface area contributed by atoms with Gasteiger partial charge in [-0.15, -0.1) is 0 Å². The number of nitrogens with zero attached hydrogens (tertiary/aromatic N) is 4. The van der Waals surface area contributed by atoms with Gasteiger partial charge in [-0.1, -0.05) is 36.4 Å². The standard InChI is InChI=1S/C26H24N4O3/c1-19(31)28-13-15-29(16-14-28)25(32)12-11-21-18-30(22-8-3-2-4-9-22)27-26(21)24-17-20-7-5-6-10-23(20)33-24/h2-12,17-18H,13-16H2,1H3. The number of rotatable bonds is 4. The summed E-state index contributed by atoms with van der Waals surface area (Å²) in [5, 5.41) is 5.76. The van der Waals surface area contributed by atoms with Gasteiger partial charge in [-0.3, -0.25) is 9.59 Å². The highest BCUT2D eigenvalue weighted by Crippen LogP contribution is 2.30. The second kappa shape index (κ2) is 8.78. The Balaban J connectivity index is 1.45. The van der Waals surface area contributed by atoms with Gasteiger partial charge >= 0.3 is 0 Å². The maximum absolute atomic E-state index is 12.8. The van der Waals surface area contributed by atoms with Gasteiger partial charge in [-0.25, -0.2) is 4.68 Å². The fourth-order valence-corrected chi connectivity index (χ4v) is 4.02. The average molecular weight is 441 g/mol. The van der Waals surface area contributed by atoms with Crippen molar-refractivity contribution in [3.05, 3.63) is 78.5 Å². The van der Waals surface area contributed by atoms with E-state index in [1.807, 2.05) is 66.9 Å². The Hall–Kier alpha value is -4.13. The molecule has 0 N–H and O–H groups in total. The fraction of sp³-hybridized carbons (Fsp3) is 0.192. The lowest BCUT2D eigenvalue weighted by Crippen LogP contribution is -2.49. The number of piperazine rings is 1. The molecule has 4 aromatic rings. The Morgan fingerprint density at radius 2 is 1.64 bits per heavy atom. The molecule has 0 radical (unpaired) electrons. The molecule has 0 unspecified atom stereocenters. The molecule has 0 aliphatic carbocycles. The van der Waals surface area contributed by atoms with Crippen molar-refractivity contribution in [3.8, 4) is 17.1 Å². The van der Waals surface area contributed by atoms with Crippen LogP contribution in [0.1, 0.15) is 12.5 Å². The van der Waals surface area contributed by atoms with Gasteiger partial charge in [0.2, 0.25) is 11.8 Å². The molecule has 0 atom stereocenters. The molecule has 1 saturated heterocycles. The van der Waals surface area contributed by atoms with Crippen LogP contribution in [0, 0.1) is 0 Å². The highest BCUT2D eigenvalue weighted by atomic mass is 16.3. The van der Waals surface area contributed by atoms with Gasteiger partial charge in [-0.05, 0) is 30.3 Å². The molecule has 2 aromatic carbocycles. The van der Waals surface area contributed by atoms with Crippen LogP contribution in [0.2, 0.25) is 0 Å². The third kappa shape index (κ3) is 4.30. The van der Waals surface area contributed by atoms with Crippen LogP contribution in [-0.2, 0) is 9.59 Å². The molecule has 5 rings (SSSR count). The zero-order valence-corrected chi connectivity index (χ0v) is 18.3. The van der Waals surface area contributed by atoms with Crippen molar-refractivity contribution in [2.75, 3.05) is 26.2 Å². The SMILES string of the molecule is CC(=O)N1CCN(C(=O)C=Cc2cn(-c3ccccc3)nc2-c2cc3ccccc3o2)CC1. The first-order chi connectivity index (χ1) is 16.1. The maximum atomic E-state index is 12.8. The molecule has 1 aliphatic rings. The lowest BCUT2D eigenvalue weighted by atomic mass is 10.1. The van der Waals surface area contributed by atoms with Crippen molar-refractivity contribution in [2.24, 2.45) is 0 Å². The molecule has 0 bridgehead atoms. The Kier molecular flexibility index (Phi) is 5.52. The smallest absolute Gasteiger partial charge is 0.246 e. The minimum absolute atomic E-state index is 0.0430. The van der Waals surface area contributed by atoms with Gasteiger partial charge in [-0.2, -0.15) is 5.10 Å². The van der Waals surface area contributed by atoms with E-state index in [-0.39, 0.29) is 11.8 Å². The van der Waals surface area contributed by atoms with Crippen LogP contribution in [0.3, 0.4) is 0 Å². The summed E-state index contributed by atoms with van der Waals surface area (Å²) in [5.74, 6) is 0.607. The molecule has 1 fully saturated rings. The number of aromatic nitrogens is 2. The van der Waals surface area contributed by atoms with Crippen LogP contribution < -0.4 is 0 Å². The van der Waals surface area contributed by atoms with E-state index in [0.717, 1.165) is 22.2 Å². The monoisotopic (exact) mass is 440 g/mol. The number of hydrogen-bond donors (Lipinski definition) is 0. The highest BCUT2D eigenvalue weighted by Gasteiger charge is 2.21. The molecule has 166 valence electrons. The molecular weight excluding hydrogens is 416 g/mol. The lowest BCUT2D eigenvalue weighted by molar-refractivity contribution is -0.135. The zero-order valence-electron chi connectivity index (χ0n) is 18.3. The summed E-state index contributed by atoms with van der Waals surface area (Å²) in [6.07, 6.45) is 5.26. The van der Waals surface area contributed by atoms with Crippen LogP contribution in [0.4, 0.5) is 0 Å². The van der Waals surface area contributed by atoms with Crippen molar-refractivity contribution < 1.29 is 14.0 Å². The highest BCUT2D eigenvalue weighted by molar-refractivity contribution is 5.93. The molecule has 2 aromatic heterocycles. The van der Waals surface area contributed by atoms with Crippen LogP contribution in [0.25, 0.3) is 34.2 Å². The van der Waals surface area contributed by atoms with E-state index in [2.05, 4.69) is 0 Å². The number of carbonyl (C=O) groups is 2. The first-order valence-electron chi connectivity index (χ1n) is 10.9. The van der Waals surface area contributed by atoms with Gasteiger partial charge < -0.3 is 14.2 Å². The number of hydrogen-bond acceptors (Lipinski definition) is 4. The van der Waals surface area contributed by atoms with E-state index in [9.17, 15) is 9.59 Å². The summed E-state index contributed by atoms with van der Waals surface area (Å²) < 4.78 is 7.85. The van der Waals surface area contributed by atoms with Gasteiger partial charge in [0.15, 0.2) is 5.76 Å². The summed E-state index contributed by atoms with van der Waals surface area (Å²) in [6, 6.07) is 19.6. The molecule has 0 saturated carbocycles. The Labute approximate surface area is 191 Å². The Morgan fingerprint density at radius 1 is 0.939 bits per heavy atom. The number of carbonyl (C=O) groups excluding carboxylic acids is 2. The quantitative estimate of drug-likeness (QED) is 0.450. The van der Waals surface area contributed by atoms with E-state index in [1.54, 1.807) is 33.6 Å². The van der Waals surface area contributed by atoms with Crippen LogP contribution in [0.15, 0.2) is 77.4 Å². The number of benzene rings is 2. The minimum Gasteiger partial charge on any atom is -0.454 e. The Morgan fingerprint density at radius 3 is 2.36 bits per heavy atom. The fourth-order valence-electron chi connectivity index (χ4n) is 4.02. The van der Waals surface area contributed by atoms with Gasteiger partial charge in [0.05, 0.1) is 5.69 Å². The molecular formula is C26H24N4O3. The predicted octanol–water partition coefficient (Wildman–Crippen LogP) is 3.99. The van der Waals surface area contributed by atoms with Gasteiger partial charge in [0.1, 0.15) is 11.3 Å². The van der Waals surface area contributed by atoms with Crippen molar-refractivity contribution in [1.82, 2.24) is 19.6 Å². The number of para-hydroxylation sites is 2. The third-order valence-corrected chi connectivity index (χ3v) is 5.86. The van der Waals surface area contributed by atoms with E-state index in [4.69, 9.17) is 9.52 Å². The maximum Gasteiger partial charge on any atom is 0.246 e. The van der Waals surface area contributed by atoms with Crippen molar-refractivity contribution in [3.63, 3.8) is 0 Å². The second-order valence-corrected chi connectivity index (χ2v) is 8.03. The summed E-state index contributed by atoms with van der Waals surface area (Å²) >= 11 is 0. The largest absolute Gasteiger partial charge is 0.454 e. The van der Waals surface area contributed by atoms with Crippen molar-refractivity contribution in [1.29, 1.82) is 0 Å². The summed E-state index contributed by atoms with van der Waals surface area (Å²) in [4.78, 5) is 27.9. The number of fused-ring (bicyclic) bond motifs is 1. The van der Waals surface area contributed by atoms with E-state index < -0.39 is 0 Å². The van der Waals surface area contributed by atoms with Gasteiger partial charge in [0.25, 0.3) is 0 Å². The average Bonchev–Trinajstić information content (AvgIpc) is 3.47. The van der Waals surface area contributed by atoms with E-state index in [1.165, 1.54) is 0 Å². The second-order valence-electron chi connectivity index (χ2n) is 8.03. The van der Waals surface area contributed by atoms with E-state index in [0.29, 0.717) is 37.6 Å². The van der Waals surface area contributed by atoms with Crippen molar-refractivity contribution >= 4 is 28.9 Å². The molecule has 7 nitrogen and oxygen atoms in total. The molecule has 0 spiro atoms. The predicted molar refractivity (Wildman–Crippen MR) is 127 cm³/mol. The van der Waals surface area contributed by atoms with E-state index >= 15 is 0 Å². The van der Waals surface area contributed by atoms with Crippen molar-refractivity contribution in [2.45, 2.75) is 6.92 Å². The molecule has 7 heteroatoms. The molecule has 33 heavy (non-hydrogen) atoms. The van der Waals surface area contributed by atoms with Crippen LogP contribution in [0.5, 0.6) is 0 Å². The first-order valence-corrected chi connectivity index (χ1v) is 10.9. The van der Waals surface area contributed by atoms with Crippen LogP contribution in [-0.4, -0.2) is 57.6 Å². The topological polar surface area (TPSA) is 71.6 Å². The molecule has 1 aliphatic heterocycles. The summed E-state index contributed by atoms with van der Waals surface area (Å²) in [6.45, 7) is 3.74. The van der Waals surface area contributed by atoms with Crippen LogP contribution >= 0.6 is 0 Å². The molecule has 2 amide bonds. The summed E-state index contributed by atoms with van der Waals surface area (Å²) in [7, 11) is 0. The summed E-state index contributed by atoms with van der Waals surface area (Å²) in [5.41, 5.74) is 3.16. The van der Waals surface area contributed by atoms with Gasteiger partial charge in [0, 0.05) is 56.3 Å². The number of amides is 2. The first kappa shape index (κ1) is 20.8. The Bertz CT molecular complexity index is 1300. The normalized spacial score (nSPS) is 14.3. The third-order valence-electron chi connectivity index (χ3n) is 5.86.